The van der Waals surface area contributed by atoms with E-state index < -0.39 is 0 Å². The monoisotopic (exact) mass is 857 g/mol. The number of fused-ring (bicyclic) bond motifs is 3. The van der Waals surface area contributed by atoms with Crippen LogP contribution < -0.4 is 0 Å². The standard InChI is InChI=1S/C60H39N7/c1-7-20-40(21-8-1)49-32-19-33-53-54(49)51-38-45(35-37-52(51)67(53)47-30-17-6-18-31-47)48-36-34-46(59-63-55(41-22-9-2-10-23-41)61-56(64-59)42-24-11-3-12-25-42)39-50(48)60-65-57(43-26-13-4-14-27-43)62-58(66-60)44-28-15-5-16-29-44/h1-39H. The Morgan fingerprint density at radius 3 is 1.15 bits per heavy atom. The largest absolute Gasteiger partial charge is 0.309 e. The van der Waals surface area contributed by atoms with E-state index in [1.807, 2.05) is 121 Å². The summed E-state index contributed by atoms with van der Waals surface area (Å²) in [5, 5.41) is 2.31. The molecular formula is C60H39N7. The van der Waals surface area contributed by atoms with Crippen LogP contribution in [0.25, 0.3) is 118 Å². The van der Waals surface area contributed by atoms with E-state index in [-0.39, 0.29) is 0 Å². The summed E-state index contributed by atoms with van der Waals surface area (Å²) in [6.07, 6.45) is 0. The van der Waals surface area contributed by atoms with Gasteiger partial charge in [0.05, 0.1) is 11.0 Å². The lowest BCUT2D eigenvalue weighted by molar-refractivity contribution is 1.07. The zero-order valence-electron chi connectivity index (χ0n) is 36.1. The maximum atomic E-state index is 5.28. The molecule has 314 valence electrons. The number of rotatable bonds is 9. The van der Waals surface area contributed by atoms with Crippen molar-refractivity contribution in [3.05, 3.63) is 237 Å². The van der Waals surface area contributed by atoms with Crippen LogP contribution in [0, 0.1) is 0 Å². The van der Waals surface area contributed by atoms with E-state index in [0.29, 0.717) is 34.9 Å². The molecule has 0 spiro atoms. The first-order valence-electron chi connectivity index (χ1n) is 22.3. The van der Waals surface area contributed by atoms with Gasteiger partial charge in [-0.3, -0.25) is 0 Å². The molecule has 12 rings (SSSR count). The molecule has 9 aromatic carbocycles. The van der Waals surface area contributed by atoms with Crippen molar-refractivity contribution in [3.8, 4) is 96.3 Å². The lowest BCUT2D eigenvalue weighted by Gasteiger charge is -2.15. The number of hydrogen-bond acceptors (Lipinski definition) is 6. The van der Waals surface area contributed by atoms with Crippen molar-refractivity contribution in [2.45, 2.75) is 0 Å². The highest BCUT2D eigenvalue weighted by Gasteiger charge is 2.22. The highest BCUT2D eigenvalue weighted by atomic mass is 15.0. The van der Waals surface area contributed by atoms with E-state index in [0.717, 1.165) is 72.2 Å². The molecule has 0 aliphatic rings. The Labute approximate surface area is 387 Å². The van der Waals surface area contributed by atoms with Crippen LogP contribution in [0.4, 0.5) is 0 Å². The molecule has 3 aromatic heterocycles. The van der Waals surface area contributed by atoms with Crippen LogP contribution >= 0.6 is 0 Å². The van der Waals surface area contributed by atoms with E-state index in [1.165, 1.54) is 10.9 Å². The molecule has 0 saturated heterocycles. The molecule has 0 bridgehead atoms. The molecule has 12 aromatic rings. The van der Waals surface area contributed by atoms with E-state index >= 15 is 0 Å². The van der Waals surface area contributed by atoms with Gasteiger partial charge in [-0.05, 0) is 58.7 Å². The van der Waals surface area contributed by atoms with Gasteiger partial charge in [-0.15, -0.1) is 0 Å². The van der Waals surface area contributed by atoms with Gasteiger partial charge < -0.3 is 4.57 Å². The summed E-state index contributed by atoms with van der Waals surface area (Å²) < 4.78 is 2.37. The number of para-hydroxylation sites is 1. The number of aromatic nitrogens is 7. The van der Waals surface area contributed by atoms with Crippen LogP contribution in [0.3, 0.4) is 0 Å². The molecule has 0 aliphatic heterocycles. The van der Waals surface area contributed by atoms with Crippen molar-refractivity contribution in [1.82, 2.24) is 34.5 Å². The Kier molecular flexibility index (Phi) is 10.0. The highest BCUT2D eigenvalue weighted by Crippen LogP contribution is 2.42. The molecule has 67 heavy (non-hydrogen) atoms. The average Bonchev–Trinajstić information content (AvgIpc) is 3.76. The zero-order valence-corrected chi connectivity index (χ0v) is 36.1. The van der Waals surface area contributed by atoms with E-state index in [1.54, 1.807) is 0 Å². The van der Waals surface area contributed by atoms with E-state index in [4.69, 9.17) is 29.9 Å². The lowest BCUT2D eigenvalue weighted by Crippen LogP contribution is -2.03. The fraction of sp³-hybridized carbons (Fsp3) is 0. The van der Waals surface area contributed by atoms with Crippen molar-refractivity contribution in [1.29, 1.82) is 0 Å². The minimum absolute atomic E-state index is 0.530. The van der Waals surface area contributed by atoms with Crippen LogP contribution in [-0.2, 0) is 0 Å². The van der Waals surface area contributed by atoms with Crippen molar-refractivity contribution in [3.63, 3.8) is 0 Å². The third kappa shape index (κ3) is 7.50. The van der Waals surface area contributed by atoms with Crippen molar-refractivity contribution >= 4 is 21.8 Å². The molecule has 0 amide bonds. The van der Waals surface area contributed by atoms with Gasteiger partial charge in [-0.25, -0.2) is 29.9 Å². The first kappa shape index (κ1) is 39.4. The van der Waals surface area contributed by atoms with Crippen LogP contribution in [0.15, 0.2) is 237 Å². The van der Waals surface area contributed by atoms with Gasteiger partial charge in [0, 0.05) is 49.8 Å². The van der Waals surface area contributed by atoms with E-state index in [9.17, 15) is 0 Å². The fourth-order valence-electron chi connectivity index (χ4n) is 8.94. The summed E-state index contributed by atoms with van der Waals surface area (Å²) >= 11 is 0. The summed E-state index contributed by atoms with van der Waals surface area (Å²) in [5.74, 6) is 3.39. The second-order valence-corrected chi connectivity index (χ2v) is 16.3. The van der Waals surface area contributed by atoms with E-state index in [2.05, 4.69) is 120 Å². The van der Waals surface area contributed by atoms with Crippen LogP contribution in [0.5, 0.6) is 0 Å². The Morgan fingerprint density at radius 1 is 0.239 bits per heavy atom. The average molecular weight is 858 g/mol. The Balaban J connectivity index is 1.13. The molecular weight excluding hydrogens is 819 g/mol. The van der Waals surface area contributed by atoms with Crippen LogP contribution in [0.2, 0.25) is 0 Å². The van der Waals surface area contributed by atoms with Gasteiger partial charge in [-0.1, -0.05) is 200 Å². The molecule has 0 saturated carbocycles. The molecule has 0 aliphatic carbocycles. The van der Waals surface area contributed by atoms with Gasteiger partial charge in [0.25, 0.3) is 0 Å². The third-order valence-electron chi connectivity index (χ3n) is 12.1. The number of hydrogen-bond donors (Lipinski definition) is 0. The van der Waals surface area contributed by atoms with Crippen molar-refractivity contribution in [2.24, 2.45) is 0 Å². The van der Waals surface area contributed by atoms with Gasteiger partial charge in [0.15, 0.2) is 34.9 Å². The summed E-state index contributed by atoms with van der Waals surface area (Å²) in [4.78, 5) is 30.9. The summed E-state index contributed by atoms with van der Waals surface area (Å²) in [7, 11) is 0. The van der Waals surface area contributed by atoms with Crippen molar-refractivity contribution < 1.29 is 0 Å². The number of benzene rings is 9. The van der Waals surface area contributed by atoms with Gasteiger partial charge in [-0.2, -0.15) is 0 Å². The quantitative estimate of drug-likeness (QED) is 0.144. The predicted molar refractivity (Wildman–Crippen MR) is 271 cm³/mol. The predicted octanol–water partition coefficient (Wildman–Crippen LogP) is 14.5. The SMILES string of the molecule is c1ccc(-c2nc(-c3ccccc3)nc(-c3ccc(-c4ccc5c(c4)c4c(-c6ccccc6)cccc4n5-c4ccccc4)c(-c4nc(-c5ccccc5)nc(-c5ccccc5)n4)c3)n2)cc1. The molecule has 0 unspecified atom stereocenters. The first-order chi connectivity index (χ1) is 33.2. The molecule has 0 N–H and O–H groups in total. The number of nitrogens with zero attached hydrogens (tertiary/aromatic N) is 7. The smallest absolute Gasteiger partial charge is 0.164 e. The Bertz CT molecular complexity index is 3600. The second-order valence-electron chi connectivity index (χ2n) is 16.3. The van der Waals surface area contributed by atoms with Gasteiger partial charge in [0.1, 0.15) is 0 Å². The maximum Gasteiger partial charge on any atom is 0.164 e. The molecule has 0 fully saturated rings. The second kappa shape index (κ2) is 17.1. The summed E-state index contributed by atoms with van der Waals surface area (Å²) in [6, 6.07) is 81.2. The van der Waals surface area contributed by atoms with Crippen molar-refractivity contribution in [2.75, 3.05) is 0 Å². The molecule has 0 radical (unpaired) electrons. The Hall–Kier alpha value is -9.20. The summed E-state index contributed by atoms with van der Waals surface area (Å²) in [5.41, 5.74) is 12.8. The van der Waals surface area contributed by atoms with Gasteiger partial charge >= 0.3 is 0 Å². The fourth-order valence-corrected chi connectivity index (χ4v) is 8.94. The zero-order chi connectivity index (χ0) is 44.5. The minimum Gasteiger partial charge on any atom is -0.309 e. The van der Waals surface area contributed by atoms with Crippen LogP contribution in [-0.4, -0.2) is 34.5 Å². The van der Waals surface area contributed by atoms with Gasteiger partial charge in [0.2, 0.25) is 0 Å². The topological polar surface area (TPSA) is 82.3 Å². The molecule has 3 heterocycles. The third-order valence-corrected chi connectivity index (χ3v) is 12.1. The molecule has 7 nitrogen and oxygen atoms in total. The first-order valence-corrected chi connectivity index (χ1v) is 22.3. The minimum atomic E-state index is 0.530. The highest BCUT2D eigenvalue weighted by molar-refractivity contribution is 6.16. The lowest BCUT2D eigenvalue weighted by atomic mass is 9.94. The maximum absolute atomic E-state index is 5.28. The van der Waals surface area contributed by atoms with Crippen LogP contribution in [0.1, 0.15) is 0 Å². The Morgan fingerprint density at radius 2 is 0.657 bits per heavy atom. The molecule has 7 heteroatoms. The normalized spacial score (nSPS) is 11.3. The molecule has 0 atom stereocenters. The summed E-state index contributed by atoms with van der Waals surface area (Å²) in [6.45, 7) is 0.